The van der Waals surface area contributed by atoms with Crippen LogP contribution in [0.25, 0.3) is 0 Å². The number of hydrogen-bond donors (Lipinski definition) is 0. The molecule has 0 spiro atoms. The molecule has 1 aliphatic carbocycles. The summed E-state index contributed by atoms with van der Waals surface area (Å²) in [6, 6.07) is 0.841. The van der Waals surface area contributed by atoms with Crippen LogP contribution in [0.3, 0.4) is 0 Å². The average Bonchev–Trinajstić information content (AvgIpc) is 3.04. The van der Waals surface area contributed by atoms with Crippen LogP contribution in [0.15, 0.2) is 0 Å². The van der Waals surface area contributed by atoms with E-state index in [9.17, 15) is 4.79 Å². The Labute approximate surface area is 92.4 Å². The molecule has 0 aromatic rings. The highest BCUT2D eigenvalue weighted by atomic mass is 16.2. The van der Waals surface area contributed by atoms with Gasteiger partial charge in [-0.05, 0) is 38.5 Å². The van der Waals surface area contributed by atoms with E-state index in [1.54, 1.807) is 0 Å². The summed E-state index contributed by atoms with van der Waals surface area (Å²) in [4.78, 5) is 16.3. The van der Waals surface area contributed by atoms with Crippen molar-refractivity contribution in [2.24, 2.45) is 5.92 Å². The van der Waals surface area contributed by atoms with Crippen molar-refractivity contribution in [3.8, 4) is 0 Å². The molecule has 2 aliphatic rings. The lowest BCUT2D eigenvalue weighted by atomic mass is 9.99. The summed E-state index contributed by atoms with van der Waals surface area (Å²) >= 11 is 0. The molecular formula is C12H22N2O. The number of amides is 2. The molecule has 0 bridgehead atoms. The van der Waals surface area contributed by atoms with Crippen LogP contribution in [0.4, 0.5) is 4.79 Å². The van der Waals surface area contributed by atoms with Gasteiger partial charge in [0.2, 0.25) is 0 Å². The summed E-state index contributed by atoms with van der Waals surface area (Å²) in [5.41, 5.74) is 0. The third kappa shape index (κ3) is 2.44. The first kappa shape index (κ1) is 10.8. The maximum atomic E-state index is 12.2. The van der Waals surface area contributed by atoms with Crippen molar-refractivity contribution in [2.75, 3.05) is 19.6 Å². The predicted molar refractivity (Wildman–Crippen MR) is 60.8 cm³/mol. The monoisotopic (exact) mass is 210 g/mol. The molecule has 0 aromatic carbocycles. The first-order valence-corrected chi connectivity index (χ1v) is 6.28. The van der Waals surface area contributed by atoms with E-state index in [1.165, 1.54) is 25.7 Å². The van der Waals surface area contributed by atoms with Crippen molar-refractivity contribution in [3.05, 3.63) is 0 Å². The van der Waals surface area contributed by atoms with Crippen molar-refractivity contribution in [1.29, 1.82) is 0 Å². The minimum absolute atomic E-state index is 0.284. The molecule has 3 heteroatoms. The zero-order chi connectivity index (χ0) is 10.8. The third-order valence-corrected chi connectivity index (χ3v) is 3.63. The maximum Gasteiger partial charge on any atom is 0.320 e. The Morgan fingerprint density at radius 2 is 1.87 bits per heavy atom. The van der Waals surface area contributed by atoms with E-state index in [0.717, 1.165) is 25.6 Å². The van der Waals surface area contributed by atoms with Crippen LogP contribution in [0.5, 0.6) is 0 Å². The van der Waals surface area contributed by atoms with E-state index in [0.29, 0.717) is 6.04 Å². The van der Waals surface area contributed by atoms with Gasteiger partial charge in [-0.3, -0.25) is 0 Å². The second-order valence-electron chi connectivity index (χ2n) is 4.97. The fourth-order valence-corrected chi connectivity index (χ4v) is 2.32. The molecule has 2 amide bonds. The lowest BCUT2D eigenvalue weighted by Crippen LogP contribution is -2.47. The number of carbonyl (C=O) groups excluding carboxylic acids is 1. The van der Waals surface area contributed by atoms with Crippen molar-refractivity contribution < 1.29 is 4.79 Å². The number of carbonyl (C=O) groups is 1. The number of nitrogens with zero attached hydrogens (tertiary/aromatic N) is 2. The van der Waals surface area contributed by atoms with Crippen molar-refractivity contribution in [2.45, 2.75) is 45.6 Å². The Kier molecular flexibility index (Phi) is 3.17. The van der Waals surface area contributed by atoms with Crippen molar-refractivity contribution >= 4 is 6.03 Å². The number of rotatable bonds is 2. The Balaban J connectivity index is 1.88. The highest BCUT2D eigenvalue weighted by Crippen LogP contribution is 2.28. The summed E-state index contributed by atoms with van der Waals surface area (Å²) < 4.78 is 0. The Hall–Kier alpha value is -0.730. The fourth-order valence-electron chi connectivity index (χ4n) is 2.32. The molecule has 1 saturated heterocycles. The number of hydrogen-bond acceptors (Lipinski definition) is 1. The summed E-state index contributed by atoms with van der Waals surface area (Å²) in [5, 5.41) is 0. The number of likely N-dealkylation sites (tertiary alicyclic amines) is 1. The van der Waals surface area contributed by atoms with Crippen molar-refractivity contribution in [3.63, 3.8) is 0 Å². The van der Waals surface area contributed by atoms with Gasteiger partial charge in [0.05, 0.1) is 0 Å². The number of urea groups is 1. The molecule has 1 saturated carbocycles. The van der Waals surface area contributed by atoms with Crippen LogP contribution in [-0.4, -0.2) is 41.5 Å². The average molecular weight is 210 g/mol. The SMILES string of the molecule is CCN(C(=O)N1CCC(C)CC1)C1CC1. The summed E-state index contributed by atoms with van der Waals surface area (Å²) in [5.74, 6) is 0.796. The van der Waals surface area contributed by atoms with Gasteiger partial charge in [-0.1, -0.05) is 6.92 Å². The smallest absolute Gasteiger partial charge is 0.320 e. The highest BCUT2D eigenvalue weighted by Gasteiger charge is 2.34. The van der Waals surface area contributed by atoms with Gasteiger partial charge in [0.15, 0.2) is 0 Å². The van der Waals surface area contributed by atoms with Gasteiger partial charge >= 0.3 is 6.03 Å². The van der Waals surface area contributed by atoms with E-state index in [1.807, 2.05) is 4.90 Å². The Bertz CT molecular complexity index is 230. The van der Waals surface area contributed by atoms with Gasteiger partial charge < -0.3 is 9.80 Å². The van der Waals surface area contributed by atoms with Crippen LogP contribution in [0, 0.1) is 5.92 Å². The van der Waals surface area contributed by atoms with Gasteiger partial charge in [-0.15, -0.1) is 0 Å². The van der Waals surface area contributed by atoms with E-state index in [2.05, 4.69) is 18.7 Å². The van der Waals surface area contributed by atoms with Crippen LogP contribution >= 0.6 is 0 Å². The lowest BCUT2D eigenvalue weighted by molar-refractivity contribution is 0.134. The molecule has 0 N–H and O–H groups in total. The molecule has 0 aromatic heterocycles. The van der Waals surface area contributed by atoms with Crippen LogP contribution < -0.4 is 0 Å². The molecule has 15 heavy (non-hydrogen) atoms. The topological polar surface area (TPSA) is 23.6 Å². The van der Waals surface area contributed by atoms with E-state index in [-0.39, 0.29) is 6.03 Å². The molecule has 0 unspecified atom stereocenters. The van der Waals surface area contributed by atoms with Crippen LogP contribution in [0.2, 0.25) is 0 Å². The quantitative estimate of drug-likeness (QED) is 0.686. The maximum absolute atomic E-state index is 12.2. The molecular weight excluding hydrogens is 188 g/mol. The van der Waals surface area contributed by atoms with Gasteiger partial charge in [0.25, 0.3) is 0 Å². The zero-order valence-corrected chi connectivity index (χ0v) is 9.91. The zero-order valence-electron chi connectivity index (χ0n) is 9.91. The van der Waals surface area contributed by atoms with Crippen molar-refractivity contribution in [1.82, 2.24) is 9.80 Å². The van der Waals surface area contributed by atoms with Crippen LogP contribution in [-0.2, 0) is 0 Å². The molecule has 1 heterocycles. The molecule has 1 aliphatic heterocycles. The Morgan fingerprint density at radius 1 is 1.27 bits per heavy atom. The van der Waals surface area contributed by atoms with E-state index in [4.69, 9.17) is 0 Å². The van der Waals surface area contributed by atoms with Gasteiger partial charge in [-0.25, -0.2) is 4.79 Å². The highest BCUT2D eigenvalue weighted by molar-refractivity contribution is 5.75. The van der Waals surface area contributed by atoms with Gasteiger partial charge in [0, 0.05) is 25.7 Å². The standard InChI is InChI=1S/C12H22N2O/c1-3-14(11-4-5-11)12(15)13-8-6-10(2)7-9-13/h10-11H,3-9H2,1-2H3. The van der Waals surface area contributed by atoms with Crippen LogP contribution in [0.1, 0.15) is 39.5 Å². The largest absolute Gasteiger partial charge is 0.325 e. The normalized spacial score (nSPS) is 22.9. The molecule has 2 fully saturated rings. The molecule has 0 atom stereocenters. The van der Waals surface area contributed by atoms with E-state index < -0.39 is 0 Å². The van der Waals surface area contributed by atoms with Gasteiger partial charge in [-0.2, -0.15) is 0 Å². The molecule has 2 rings (SSSR count). The fraction of sp³-hybridized carbons (Fsp3) is 0.917. The minimum Gasteiger partial charge on any atom is -0.325 e. The first-order valence-electron chi connectivity index (χ1n) is 6.28. The molecule has 0 radical (unpaired) electrons. The summed E-state index contributed by atoms with van der Waals surface area (Å²) in [7, 11) is 0. The molecule has 3 nitrogen and oxygen atoms in total. The number of piperidine rings is 1. The second-order valence-corrected chi connectivity index (χ2v) is 4.97. The summed E-state index contributed by atoms with van der Waals surface area (Å²) in [6.07, 6.45) is 4.77. The minimum atomic E-state index is 0.284. The second kappa shape index (κ2) is 4.42. The van der Waals surface area contributed by atoms with E-state index >= 15 is 0 Å². The van der Waals surface area contributed by atoms with Gasteiger partial charge in [0.1, 0.15) is 0 Å². The molecule has 86 valence electrons. The Morgan fingerprint density at radius 3 is 2.33 bits per heavy atom. The lowest BCUT2D eigenvalue weighted by Gasteiger charge is -2.34. The predicted octanol–water partition coefficient (Wildman–Crippen LogP) is 2.32. The summed E-state index contributed by atoms with van der Waals surface area (Å²) in [6.45, 7) is 7.16. The first-order chi connectivity index (χ1) is 7.22. The third-order valence-electron chi connectivity index (χ3n) is 3.63.